The number of fused-ring (bicyclic) bond motifs is 1. The lowest BCUT2D eigenvalue weighted by atomic mass is 9.98. The second-order valence-electron chi connectivity index (χ2n) is 5.28. The van der Waals surface area contributed by atoms with Crippen molar-refractivity contribution < 1.29 is 0 Å². The van der Waals surface area contributed by atoms with E-state index in [1.807, 2.05) is 29.1 Å². The number of hydrogen-bond donors (Lipinski definition) is 1. The number of pyridine rings is 1. The van der Waals surface area contributed by atoms with Gasteiger partial charge in [-0.1, -0.05) is 24.3 Å². The van der Waals surface area contributed by atoms with Gasteiger partial charge in [-0.25, -0.2) is 4.68 Å². The number of aryl methyl sites for hydroxylation is 1. The van der Waals surface area contributed by atoms with E-state index in [0.717, 1.165) is 17.2 Å². The summed E-state index contributed by atoms with van der Waals surface area (Å²) in [6, 6.07) is 12.3. The van der Waals surface area contributed by atoms with Crippen LogP contribution in [0.3, 0.4) is 0 Å². The minimum absolute atomic E-state index is 0.0233. The topological polar surface area (TPSA) is 55.6 Å². The molecule has 3 heterocycles. The van der Waals surface area contributed by atoms with Crippen molar-refractivity contribution in [2.75, 3.05) is 5.32 Å². The minimum atomic E-state index is 0.0233. The van der Waals surface area contributed by atoms with Crippen LogP contribution in [0.1, 0.15) is 22.7 Å². The standard InChI is InChI=1S/C17H15N5/c1-12-5-2-3-7-14(12)16-9-15(13-6-4-8-18-10-13)21-17-19-11-20-22(16)17/h2-11,16H,1H3,(H,19,20,21)/t16-/m1/s1. The molecule has 0 spiro atoms. The van der Waals surface area contributed by atoms with E-state index < -0.39 is 0 Å². The number of allylic oxidation sites excluding steroid dienone is 1. The highest BCUT2D eigenvalue weighted by Crippen LogP contribution is 2.32. The Morgan fingerprint density at radius 1 is 1.14 bits per heavy atom. The quantitative estimate of drug-likeness (QED) is 0.788. The van der Waals surface area contributed by atoms with Gasteiger partial charge in [-0.15, -0.1) is 0 Å². The number of hydrogen-bond acceptors (Lipinski definition) is 4. The Kier molecular flexibility index (Phi) is 2.96. The third-order valence-corrected chi connectivity index (χ3v) is 3.89. The zero-order chi connectivity index (χ0) is 14.9. The van der Waals surface area contributed by atoms with Crippen LogP contribution in [0.15, 0.2) is 61.2 Å². The number of nitrogens with zero attached hydrogens (tertiary/aromatic N) is 4. The maximum absolute atomic E-state index is 4.37. The second-order valence-corrected chi connectivity index (χ2v) is 5.28. The summed E-state index contributed by atoms with van der Waals surface area (Å²) in [4.78, 5) is 8.51. The van der Waals surface area contributed by atoms with Crippen LogP contribution in [0.5, 0.6) is 0 Å². The van der Waals surface area contributed by atoms with E-state index in [2.05, 4.69) is 51.6 Å². The lowest BCUT2D eigenvalue weighted by Gasteiger charge is -2.25. The molecule has 2 aromatic heterocycles. The molecule has 5 heteroatoms. The van der Waals surface area contributed by atoms with E-state index in [0.29, 0.717) is 0 Å². The fourth-order valence-electron chi connectivity index (χ4n) is 2.76. The van der Waals surface area contributed by atoms with Crippen LogP contribution in [-0.4, -0.2) is 19.7 Å². The van der Waals surface area contributed by atoms with Crippen LogP contribution < -0.4 is 5.32 Å². The van der Waals surface area contributed by atoms with E-state index in [9.17, 15) is 0 Å². The van der Waals surface area contributed by atoms with Crippen molar-refractivity contribution in [1.82, 2.24) is 19.7 Å². The molecule has 0 unspecified atom stereocenters. The highest BCUT2D eigenvalue weighted by molar-refractivity contribution is 5.76. The molecule has 1 aliphatic heterocycles. The van der Waals surface area contributed by atoms with Crippen molar-refractivity contribution >= 4 is 11.6 Å². The lowest BCUT2D eigenvalue weighted by Crippen LogP contribution is -2.20. The van der Waals surface area contributed by atoms with Gasteiger partial charge in [0.2, 0.25) is 5.95 Å². The van der Waals surface area contributed by atoms with Crippen molar-refractivity contribution in [1.29, 1.82) is 0 Å². The van der Waals surface area contributed by atoms with Crippen LogP contribution in [-0.2, 0) is 0 Å². The van der Waals surface area contributed by atoms with Gasteiger partial charge in [0, 0.05) is 23.7 Å². The van der Waals surface area contributed by atoms with Gasteiger partial charge in [-0.05, 0) is 36.3 Å². The molecule has 0 fully saturated rings. The third-order valence-electron chi connectivity index (χ3n) is 3.89. The molecule has 0 amide bonds. The molecule has 22 heavy (non-hydrogen) atoms. The fraction of sp³-hybridized carbons (Fsp3) is 0.118. The first kappa shape index (κ1) is 12.8. The van der Waals surface area contributed by atoms with E-state index in [1.165, 1.54) is 11.1 Å². The van der Waals surface area contributed by atoms with Gasteiger partial charge >= 0.3 is 0 Å². The molecule has 1 atom stereocenters. The molecular weight excluding hydrogens is 274 g/mol. The molecule has 0 saturated heterocycles. The fourth-order valence-corrected chi connectivity index (χ4v) is 2.76. The summed E-state index contributed by atoms with van der Waals surface area (Å²) in [5.41, 5.74) is 4.49. The summed E-state index contributed by atoms with van der Waals surface area (Å²) in [7, 11) is 0. The average molecular weight is 289 g/mol. The Hall–Kier alpha value is -2.95. The third kappa shape index (κ3) is 2.07. The average Bonchev–Trinajstić information content (AvgIpc) is 3.04. The number of anilines is 1. The van der Waals surface area contributed by atoms with E-state index in [-0.39, 0.29) is 6.04 Å². The summed E-state index contributed by atoms with van der Waals surface area (Å²) in [5, 5.41) is 7.69. The summed E-state index contributed by atoms with van der Waals surface area (Å²) >= 11 is 0. The summed E-state index contributed by atoms with van der Waals surface area (Å²) < 4.78 is 1.90. The molecule has 0 saturated carbocycles. The van der Waals surface area contributed by atoms with Gasteiger partial charge in [-0.3, -0.25) is 4.98 Å². The summed E-state index contributed by atoms with van der Waals surface area (Å²) in [5.74, 6) is 0.745. The van der Waals surface area contributed by atoms with Gasteiger partial charge in [-0.2, -0.15) is 10.1 Å². The molecule has 3 aromatic rings. The van der Waals surface area contributed by atoms with Crippen LogP contribution in [0.4, 0.5) is 5.95 Å². The largest absolute Gasteiger partial charge is 0.324 e. The lowest BCUT2D eigenvalue weighted by molar-refractivity contribution is 0.609. The van der Waals surface area contributed by atoms with Crippen LogP contribution in [0.2, 0.25) is 0 Å². The van der Waals surface area contributed by atoms with Gasteiger partial charge in [0.15, 0.2) is 0 Å². The molecule has 1 aromatic carbocycles. The molecule has 108 valence electrons. The molecule has 0 bridgehead atoms. The van der Waals surface area contributed by atoms with Crippen molar-refractivity contribution in [3.63, 3.8) is 0 Å². The molecule has 0 radical (unpaired) electrons. The van der Waals surface area contributed by atoms with Crippen LogP contribution in [0, 0.1) is 6.92 Å². The highest BCUT2D eigenvalue weighted by Gasteiger charge is 2.24. The molecule has 1 aliphatic rings. The van der Waals surface area contributed by atoms with Crippen molar-refractivity contribution in [2.45, 2.75) is 13.0 Å². The predicted molar refractivity (Wildman–Crippen MR) is 85.2 cm³/mol. The Balaban J connectivity index is 1.86. The Bertz CT molecular complexity index is 835. The maximum atomic E-state index is 4.37. The summed E-state index contributed by atoms with van der Waals surface area (Å²) in [6.45, 7) is 2.12. The van der Waals surface area contributed by atoms with Gasteiger partial charge in [0.1, 0.15) is 12.4 Å². The molecular formula is C17H15N5. The first-order valence-corrected chi connectivity index (χ1v) is 7.17. The van der Waals surface area contributed by atoms with E-state index in [1.54, 1.807) is 12.5 Å². The van der Waals surface area contributed by atoms with E-state index >= 15 is 0 Å². The van der Waals surface area contributed by atoms with E-state index in [4.69, 9.17) is 0 Å². The van der Waals surface area contributed by atoms with Crippen molar-refractivity contribution in [3.8, 4) is 0 Å². The molecule has 4 rings (SSSR count). The smallest absolute Gasteiger partial charge is 0.226 e. The first-order chi connectivity index (χ1) is 10.8. The minimum Gasteiger partial charge on any atom is -0.324 e. The maximum Gasteiger partial charge on any atom is 0.226 e. The summed E-state index contributed by atoms with van der Waals surface area (Å²) in [6.07, 6.45) is 7.36. The Labute approximate surface area is 128 Å². The predicted octanol–water partition coefficient (Wildman–Crippen LogP) is 3.04. The zero-order valence-electron chi connectivity index (χ0n) is 12.1. The van der Waals surface area contributed by atoms with Crippen molar-refractivity contribution in [3.05, 3.63) is 77.9 Å². The molecule has 5 nitrogen and oxygen atoms in total. The van der Waals surface area contributed by atoms with Crippen LogP contribution in [0.25, 0.3) is 5.70 Å². The molecule has 0 aliphatic carbocycles. The number of benzene rings is 1. The van der Waals surface area contributed by atoms with Crippen molar-refractivity contribution in [2.24, 2.45) is 0 Å². The highest BCUT2D eigenvalue weighted by atomic mass is 15.4. The Morgan fingerprint density at radius 3 is 2.86 bits per heavy atom. The molecule has 1 N–H and O–H groups in total. The van der Waals surface area contributed by atoms with Gasteiger partial charge in [0.25, 0.3) is 0 Å². The van der Waals surface area contributed by atoms with Gasteiger partial charge < -0.3 is 5.32 Å². The monoisotopic (exact) mass is 289 g/mol. The van der Waals surface area contributed by atoms with Gasteiger partial charge in [0.05, 0.1) is 0 Å². The normalized spacial score (nSPS) is 16.6. The van der Waals surface area contributed by atoms with Crippen LogP contribution >= 0.6 is 0 Å². The first-order valence-electron chi connectivity index (χ1n) is 7.17. The number of aromatic nitrogens is 4. The zero-order valence-corrected chi connectivity index (χ0v) is 12.1. The number of rotatable bonds is 2. The number of nitrogens with one attached hydrogen (secondary N) is 1. The Morgan fingerprint density at radius 2 is 2.05 bits per heavy atom. The second kappa shape index (κ2) is 5.11. The SMILES string of the molecule is Cc1ccccc1[C@H]1C=C(c2cccnc2)Nc2ncnn21.